The van der Waals surface area contributed by atoms with E-state index in [1.807, 2.05) is 6.07 Å². The fourth-order valence-corrected chi connectivity index (χ4v) is 1.48. The Labute approximate surface area is 90.9 Å². The van der Waals surface area contributed by atoms with E-state index in [9.17, 15) is 14.7 Å². The predicted molar refractivity (Wildman–Crippen MR) is 55.6 cm³/mol. The number of carboxylic acid groups (broad SMARTS) is 1. The molecule has 16 heavy (non-hydrogen) atoms. The standard InChI is InChI=1S/C11H10N2O3/c14-10(15)5-6-13-11(16)9-4-2-1-3-8(9)7-12-13/h1-4,7H,5-6H2,(H,14,15)/p-1. The van der Waals surface area contributed by atoms with E-state index in [2.05, 4.69) is 5.10 Å². The number of nitrogens with zero attached hydrogens (tertiary/aromatic N) is 2. The fourth-order valence-electron chi connectivity index (χ4n) is 1.48. The summed E-state index contributed by atoms with van der Waals surface area (Å²) in [4.78, 5) is 22.1. The van der Waals surface area contributed by atoms with Gasteiger partial charge in [-0.3, -0.25) is 4.79 Å². The third-order valence-corrected chi connectivity index (χ3v) is 2.29. The Balaban J connectivity index is 2.45. The van der Waals surface area contributed by atoms with Crippen molar-refractivity contribution in [1.29, 1.82) is 0 Å². The van der Waals surface area contributed by atoms with Gasteiger partial charge in [0.15, 0.2) is 0 Å². The lowest BCUT2D eigenvalue weighted by atomic mass is 10.2. The van der Waals surface area contributed by atoms with Crippen LogP contribution < -0.4 is 10.7 Å². The van der Waals surface area contributed by atoms with Gasteiger partial charge in [0.25, 0.3) is 5.56 Å². The number of carbonyl (C=O) groups excluding carboxylic acids is 1. The van der Waals surface area contributed by atoms with E-state index in [-0.39, 0.29) is 18.5 Å². The third-order valence-electron chi connectivity index (χ3n) is 2.29. The van der Waals surface area contributed by atoms with Gasteiger partial charge in [0.1, 0.15) is 0 Å². The number of benzene rings is 1. The molecule has 0 fully saturated rings. The van der Waals surface area contributed by atoms with Crippen molar-refractivity contribution in [2.24, 2.45) is 0 Å². The first kappa shape index (κ1) is 10.4. The van der Waals surface area contributed by atoms with Crippen LogP contribution in [-0.2, 0) is 11.3 Å². The molecule has 2 rings (SSSR count). The van der Waals surface area contributed by atoms with Crippen LogP contribution in [0.4, 0.5) is 0 Å². The lowest BCUT2D eigenvalue weighted by Crippen LogP contribution is -2.28. The summed E-state index contributed by atoms with van der Waals surface area (Å²) in [5.41, 5.74) is -0.278. The highest BCUT2D eigenvalue weighted by molar-refractivity contribution is 5.80. The van der Waals surface area contributed by atoms with Gasteiger partial charge in [0.2, 0.25) is 0 Å². The zero-order valence-corrected chi connectivity index (χ0v) is 8.42. The second-order valence-electron chi connectivity index (χ2n) is 3.38. The van der Waals surface area contributed by atoms with Gasteiger partial charge >= 0.3 is 0 Å². The maximum atomic E-state index is 11.8. The van der Waals surface area contributed by atoms with E-state index in [4.69, 9.17) is 0 Å². The van der Waals surface area contributed by atoms with Crippen molar-refractivity contribution in [3.8, 4) is 0 Å². The molecule has 82 valence electrons. The van der Waals surface area contributed by atoms with Crippen LogP contribution in [0.1, 0.15) is 6.42 Å². The van der Waals surface area contributed by atoms with E-state index in [1.54, 1.807) is 24.4 Å². The van der Waals surface area contributed by atoms with Gasteiger partial charge in [-0.2, -0.15) is 5.10 Å². The maximum absolute atomic E-state index is 11.8. The molecule has 1 heterocycles. The van der Waals surface area contributed by atoms with Gasteiger partial charge in [-0.1, -0.05) is 18.2 Å². The second kappa shape index (κ2) is 4.14. The molecule has 0 spiro atoms. The molecule has 0 amide bonds. The van der Waals surface area contributed by atoms with Crippen LogP contribution in [0.15, 0.2) is 35.3 Å². The van der Waals surface area contributed by atoms with Crippen LogP contribution in [0.3, 0.4) is 0 Å². The van der Waals surface area contributed by atoms with Gasteiger partial charge in [-0.05, 0) is 6.07 Å². The summed E-state index contributed by atoms with van der Waals surface area (Å²) in [5.74, 6) is -1.19. The van der Waals surface area contributed by atoms with Gasteiger partial charge in [0, 0.05) is 17.8 Å². The molecule has 0 atom stereocenters. The lowest BCUT2D eigenvalue weighted by Gasteiger charge is -2.05. The highest BCUT2D eigenvalue weighted by Crippen LogP contribution is 2.06. The molecular formula is C11H9N2O3-. The van der Waals surface area contributed by atoms with E-state index >= 15 is 0 Å². The normalized spacial score (nSPS) is 10.5. The van der Waals surface area contributed by atoms with Crippen molar-refractivity contribution in [3.05, 3.63) is 40.8 Å². The topological polar surface area (TPSA) is 75.0 Å². The average molecular weight is 217 g/mol. The summed E-state index contributed by atoms with van der Waals surface area (Å²) in [6, 6.07) is 7.05. The number of aryl methyl sites for hydroxylation is 1. The number of aliphatic carboxylic acids is 1. The number of aromatic nitrogens is 2. The molecule has 0 aliphatic heterocycles. The number of carbonyl (C=O) groups is 1. The van der Waals surface area contributed by atoms with Crippen LogP contribution in [0.25, 0.3) is 10.8 Å². The van der Waals surface area contributed by atoms with Gasteiger partial charge in [-0.25, -0.2) is 4.68 Å². The minimum Gasteiger partial charge on any atom is -0.550 e. The Morgan fingerprint density at radius 2 is 2.12 bits per heavy atom. The molecule has 0 saturated heterocycles. The third kappa shape index (κ3) is 1.93. The first-order valence-corrected chi connectivity index (χ1v) is 4.83. The van der Waals surface area contributed by atoms with E-state index in [0.29, 0.717) is 5.39 Å². The molecule has 0 saturated carbocycles. The minimum atomic E-state index is -1.19. The Hall–Kier alpha value is -2.17. The van der Waals surface area contributed by atoms with Gasteiger partial charge in [-0.15, -0.1) is 0 Å². The zero-order valence-electron chi connectivity index (χ0n) is 8.42. The van der Waals surface area contributed by atoms with Crippen molar-refractivity contribution >= 4 is 16.7 Å². The Bertz CT molecular complexity index is 589. The van der Waals surface area contributed by atoms with Gasteiger partial charge in [0.05, 0.1) is 18.1 Å². The van der Waals surface area contributed by atoms with E-state index in [1.165, 1.54) is 0 Å². The van der Waals surface area contributed by atoms with Gasteiger partial charge < -0.3 is 9.90 Å². The molecule has 0 aliphatic carbocycles. The molecule has 1 aromatic heterocycles. The quantitative estimate of drug-likeness (QED) is 0.697. The van der Waals surface area contributed by atoms with Crippen molar-refractivity contribution in [1.82, 2.24) is 9.78 Å². The molecule has 1 aromatic carbocycles. The van der Waals surface area contributed by atoms with E-state index in [0.717, 1.165) is 10.1 Å². The summed E-state index contributed by atoms with van der Waals surface area (Å²) in [6.07, 6.45) is 1.33. The molecule has 0 radical (unpaired) electrons. The molecule has 0 bridgehead atoms. The monoisotopic (exact) mass is 217 g/mol. The second-order valence-corrected chi connectivity index (χ2v) is 3.38. The molecule has 5 heteroatoms. The Morgan fingerprint density at radius 1 is 1.38 bits per heavy atom. The smallest absolute Gasteiger partial charge is 0.274 e. The Morgan fingerprint density at radius 3 is 2.88 bits per heavy atom. The Kier molecular flexibility index (Phi) is 2.68. The summed E-state index contributed by atoms with van der Waals surface area (Å²) in [7, 11) is 0. The van der Waals surface area contributed by atoms with Crippen LogP contribution in [0.5, 0.6) is 0 Å². The van der Waals surface area contributed by atoms with Crippen LogP contribution >= 0.6 is 0 Å². The molecular weight excluding hydrogens is 208 g/mol. The summed E-state index contributed by atoms with van der Waals surface area (Å²) in [5, 5.41) is 15.5. The van der Waals surface area contributed by atoms with Crippen molar-refractivity contribution in [2.75, 3.05) is 0 Å². The van der Waals surface area contributed by atoms with E-state index < -0.39 is 5.97 Å². The maximum Gasteiger partial charge on any atom is 0.274 e. The molecule has 2 aromatic rings. The van der Waals surface area contributed by atoms with Crippen LogP contribution in [0.2, 0.25) is 0 Å². The number of hydrogen-bond donors (Lipinski definition) is 0. The first-order chi connectivity index (χ1) is 7.68. The highest BCUT2D eigenvalue weighted by atomic mass is 16.4. The average Bonchev–Trinajstić information content (AvgIpc) is 2.28. The minimum absolute atomic E-state index is 0.0337. The molecule has 5 nitrogen and oxygen atoms in total. The molecule has 0 N–H and O–H groups in total. The number of hydrogen-bond acceptors (Lipinski definition) is 4. The van der Waals surface area contributed by atoms with Crippen molar-refractivity contribution in [3.63, 3.8) is 0 Å². The summed E-state index contributed by atoms with van der Waals surface area (Å²) < 4.78 is 1.14. The largest absolute Gasteiger partial charge is 0.550 e. The summed E-state index contributed by atoms with van der Waals surface area (Å²) in [6.45, 7) is 0.0337. The zero-order chi connectivity index (χ0) is 11.5. The van der Waals surface area contributed by atoms with Crippen LogP contribution in [0, 0.1) is 0 Å². The van der Waals surface area contributed by atoms with Crippen LogP contribution in [-0.4, -0.2) is 15.7 Å². The first-order valence-electron chi connectivity index (χ1n) is 4.83. The SMILES string of the molecule is O=C([O-])CCn1ncc2ccccc2c1=O. The van der Waals surface area contributed by atoms with Crippen molar-refractivity contribution < 1.29 is 9.90 Å². The fraction of sp³-hybridized carbons (Fsp3) is 0.182. The number of fused-ring (bicyclic) bond motifs is 1. The number of rotatable bonds is 3. The molecule has 0 aliphatic rings. The highest BCUT2D eigenvalue weighted by Gasteiger charge is 2.02. The number of carboxylic acids is 1. The summed E-state index contributed by atoms with van der Waals surface area (Å²) >= 11 is 0. The van der Waals surface area contributed by atoms with Crippen molar-refractivity contribution in [2.45, 2.75) is 13.0 Å². The predicted octanol–water partition coefficient (Wildman–Crippen LogP) is -0.464. The lowest BCUT2D eigenvalue weighted by molar-refractivity contribution is -0.306. The molecule has 0 unspecified atom stereocenters.